The van der Waals surface area contributed by atoms with Crippen LogP contribution in [-0.2, 0) is 0 Å². The average Bonchev–Trinajstić information content (AvgIpc) is 2.08. The standard InChI is InChI=1S/C11H11BrO/c1-7-5-9-6-10(12)3-4-11(9)13-8(7)2/h3-6,8H,1-2H3. The Morgan fingerprint density at radius 3 is 2.92 bits per heavy atom. The van der Waals surface area contributed by atoms with Crippen LogP contribution in [0.2, 0.25) is 0 Å². The van der Waals surface area contributed by atoms with Gasteiger partial charge in [0.05, 0.1) is 0 Å². The third-order valence-corrected chi connectivity index (χ3v) is 2.79. The van der Waals surface area contributed by atoms with Crippen LogP contribution in [0.15, 0.2) is 28.2 Å². The number of fused-ring (bicyclic) bond motifs is 1. The molecule has 1 aliphatic rings. The van der Waals surface area contributed by atoms with E-state index in [1.165, 1.54) is 5.57 Å². The van der Waals surface area contributed by atoms with Crippen molar-refractivity contribution in [2.45, 2.75) is 20.0 Å². The molecule has 13 heavy (non-hydrogen) atoms. The molecule has 1 aromatic carbocycles. The summed E-state index contributed by atoms with van der Waals surface area (Å²) in [5.41, 5.74) is 2.43. The van der Waals surface area contributed by atoms with E-state index in [1.807, 2.05) is 12.1 Å². The lowest BCUT2D eigenvalue weighted by atomic mass is 10.0. The maximum atomic E-state index is 5.71. The van der Waals surface area contributed by atoms with Gasteiger partial charge < -0.3 is 4.74 Å². The van der Waals surface area contributed by atoms with Crippen LogP contribution in [0.5, 0.6) is 5.75 Å². The minimum absolute atomic E-state index is 0.202. The van der Waals surface area contributed by atoms with Crippen LogP contribution < -0.4 is 4.74 Å². The summed E-state index contributed by atoms with van der Waals surface area (Å²) in [6.07, 6.45) is 2.38. The van der Waals surface area contributed by atoms with E-state index in [4.69, 9.17) is 4.74 Å². The Morgan fingerprint density at radius 2 is 2.15 bits per heavy atom. The minimum atomic E-state index is 0.202. The van der Waals surface area contributed by atoms with Crippen molar-refractivity contribution in [1.29, 1.82) is 0 Å². The zero-order valence-electron chi connectivity index (χ0n) is 7.67. The second kappa shape index (κ2) is 3.18. The number of halogens is 1. The van der Waals surface area contributed by atoms with Gasteiger partial charge >= 0.3 is 0 Å². The van der Waals surface area contributed by atoms with E-state index in [-0.39, 0.29) is 6.10 Å². The van der Waals surface area contributed by atoms with E-state index in [0.29, 0.717) is 0 Å². The Morgan fingerprint density at radius 1 is 1.38 bits per heavy atom. The van der Waals surface area contributed by atoms with Gasteiger partial charge in [0.1, 0.15) is 11.9 Å². The Bertz CT molecular complexity index is 368. The van der Waals surface area contributed by atoms with E-state index in [2.05, 4.69) is 41.9 Å². The lowest BCUT2D eigenvalue weighted by molar-refractivity contribution is 0.253. The fraction of sp³-hybridized carbons (Fsp3) is 0.273. The molecule has 1 unspecified atom stereocenters. The van der Waals surface area contributed by atoms with Gasteiger partial charge in [-0.25, -0.2) is 0 Å². The molecule has 0 aliphatic carbocycles. The van der Waals surface area contributed by atoms with Crippen LogP contribution >= 0.6 is 15.9 Å². The van der Waals surface area contributed by atoms with Gasteiger partial charge in [-0.05, 0) is 43.7 Å². The number of hydrogen-bond donors (Lipinski definition) is 0. The van der Waals surface area contributed by atoms with Gasteiger partial charge in [-0.15, -0.1) is 0 Å². The van der Waals surface area contributed by atoms with Crippen LogP contribution in [0, 0.1) is 0 Å². The topological polar surface area (TPSA) is 9.23 Å². The van der Waals surface area contributed by atoms with Crippen LogP contribution in [0.4, 0.5) is 0 Å². The summed E-state index contributed by atoms with van der Waals surface area (Å²) < 4.78 is 6.80. The summed E-state index contributed by atoms with van der Waals surface area (Å²) in [6.45, 7) is 4.16. The summed E-state index contributed by atoms with van der Waals surface area (Å²) in [5.74, 6) is 0.973. The first-order chi connectivity index (χ1) is 6.16. The SMILES string of the molecule is CC1=Cc2cc(Br)ccc2OC1C. The third kappa shape index (κ3) is 1.63. The van der Waals surface area contributed by atoms with Gasteiger partial charge in [0.15, 0.2) is 0 Å². The van der Waals surface area contributed by atoms with E-state index >= 15 is 0 Å². The summed E-state index contributed by atoms with van der Waals surface area (Å²) in [5, 5.41) is 0. The van der Waals surface area contributed by atoms with E-state index in [0.717, 1.165) is 15.8 Å². The first kappa shape index (κ1) is 8.82. The molecule has 1 heterocycles. The number of rotatable bonds is 0. The van der Waals surface area contributed by atoms with Crippen molar-refractivity contribution >= 4 is 22.0 Å². The summed E-state index contributed by atoms with van der Waals surface area (Å²) in [6, 6.07) is 6.07. The van der Waals surface area contributed by atoms with Crippen molar-refractivity contribution in [1.82, 2.24) is 0 Å². The molecule has 0 N–H and O–H groups in total. The van der Waals surface area contributed by atoms with Gasteiger partial charge in [-0.1, -0.05) is 15.9 Å². The second-order valence-corrected chi connectivity index (χ2v) is 4.25. The molecule has 0 aromatic heterocycles. The molecule has 0 spiro atoms. The normalized spacial score (nSPS) is 20.2. The maximum absolute atomic E-state index is 5.71. The molecule has 0 amide bonds. The predicted octanol–water partition coefficient (Wildman–Crippen LogP) is 3.63. The van der Waals surface area contributed by atoms with Crippen molar-refractivity contribution in [2.75, 3.05) is 0 Å². The largest absolute Gasteiger partial charge is 0.486 e. The molecular weight excluding hydrogens is 228 g/mol. The molecule has 0 bridgehead atoms. The number of ether oxygens (including phenoxy) is 1. The zero-order valence-corrected chi connectivity index (χ0v) is 9.26. The Hall–Kier alpha value is -0.760. The highest BCUT2D eigenvalue weighted by molar-refractivity contribution is 9.10. The highest BCUT2D eigenvalue weighted by Gasteiger charge is 2.14. The second-order valence-electron chi connectivity index (χ2n) is 3.33. The molecule has 2 rings (SSSR count). The van der Waals surface area contributed by atoms with Crippen LogP contribution in [0.25, 0.3) is 6.08 Å². The summed E-state index contributed by atoms with van der Waals surface area (Å²) in [4.78, 5) is 0. The molecule has 0 fully saturated rings. The third-order valence-electron chi connectivity index (χ3n) is 2.30. The van der Waals surface area contributed by atoms with Crippen molar-refractivity contribution in [3.05, 3.63) is 33.8 Å². The molecule has 1 aromatic rings. The molecule has 68 valence electrons. The smallest absolute Gasteiger partial charge is 0.127 e. The predicted molar refractivity (Wildman–Crippen MR) is 57.9 cm³/mol. The van der Waals surface area contributed by atoms with Gasteiger partial charge in [-0.3, -0.25) is 0 Å². The van der Waals surface area contributed by atoms with E-state index < -0.39 is 0 Å². The van der Waals surface area contributed by atoms with Crippen molar-refractivity contribution < 1.29 is 4.74 Å². The molecular formula is C11H11BrO. The highest BCUT2D eigenvalue weighted by Crippen LogP contribution is 2.31. The average molecular weight is 239 g/mol. The maximum Gasteiger partial charge on any atom is 0.127 e. The molecule has 0 saturated carbocycles. The molecule has 1 nitrogen and oxygen atoms in total. The lowest BCUT2D eigenvalue weighted by Crippen LogP contribution is -2.16. The Kier molecular flexibility index (Phi) is 2.16. The number of benzene rings is 1. The quantitative estimate of drug-likeness (QED) is 0.671. The molecule has 1 aliphatic heterocycles. The van der Waals surface area contributed by atoms with Gasteiger partial charge in [0.25, 0.3) is 0 Å². The van der Waals surface area contributed by atoms with Crippen LogP contribution in [0.3, 0.4) is 0 Å². The van der Waals surface area contributed by atoms with Crippen molar-refractivity contribution in [2.24, 2.45) is 0 Å². The molecule has 0 radical (unpaired) electrons. The Balaban J connectivity index is 2.51. The van der Waals surface area contributed by atoms with Crippen molar-refractivity contribution in [3.8, 4) is 5.75 Å². The monoisotopic (exact) mass is 238 g/mol. The van der Waals surface area contributed by atoms with Gasteiger partial charge in [-0.2, -0.15) is 0 Å². The highest BCUT2D eigenvalue weighted by atomic mass is 79.9. The van der Waals surface area contributed by atoms with Crippen LogP contribution in [0.1, 0.15) is 19.4 Å². The summed E-state index contributed by atoms with van der Waals surface area (Å²) >= 11 is 3.44. The fourth-order valence-corrected chi connectivity index (χ4v) is 1.76. The number of hydrogen-bond acceptors (Lipinski definition) is 1. The fourth-order valence-electron chi connectivity index (χ4n) is 1.39. The molecule has 2 heteroatoms. The Labute approximate surface area is 86.5 Å². The minimum Gasteiger partial charge on any atom is -0.486 e. The lowest BCUT2D eigenvalue weighted by Gasteiger charge is -2.22. The first-order valence-corrected chi connectivity index (χ1v) is 5.10. The first-order valence-electron chi connectivity index (χ1n) is 4.31. The van der Waals surface area contributed by atoms with Crippen LogP contribution in [-0.4, -0.2) is 6.10 Å². The van der Waals surface area contributed by atoms with Crippen molar-refractivity contribution in [3.63, 3.8) is 0 Å². The van der Waals surface area contributed by atoms with E-state index in [9.17, 15) is 0 Å². The van der Waals surface area contributed by atoms with E-state index in [1.54, 1.807) is 0 Å². The van der Waals surface area contributed by atoms with Gasteiger partial charge in [0, 0.05) is 10.0 Å². The molecule has 0 saturated heterocycles. The molecule has 1 atom stereocenters. The van der Waals surface area contributed by atoms with Gasteiger partial charge in [0.2, 0.25) is 0 Å². The zero-order chi connectivity index (χ0) is 9.42. The summed E-state index contributed by atoms with van der Waals surface area (Å²) in [7, 11) is 0.